The van der Waals surface area contributed by atoms with Crippen LogP contribution >= 0.6 is 0 Å². The van der Waals surface area contributed by atoms with Crippen LogP contribution in [0.1, 0.15) is 169 Å². The summed E-state index contributed by atoms with van der Waals surface area (Å²) in [7, 11) is 0. The van der Waals surface area contributed by atoms with Crippen LogP contribution in [0.2, 0.25) is 0 Å². The Hall–Kier alpha value is -3.76. The molecule has 0 aromatic heterocycles. The average Bonchev–Trinajstić information content (AvgIpc) is 3.71. The number of unbranched alkanes of at least 4 members (excludes halogenated alkanes) is 4. The molecular formula is C45H68N2O8. The van der Waals surface area contributed by atoms with Crippen LogP contribution in [0.3, 0.4) is 0 Å². The van der Waals surface area contributed by atoms with Crippen LogP contribution < -0.4 is 0 Å². The first kappa shape index (κ1) is 45.6. The molecule has 0 spiro atoms. The van der Waals surface area contributed by atoms with Crippen molar-refractivity contribution in [1.82, 2.24) is 9.80 Å². The number of carboxylic acid groups (broad SMARTS) is 2. The van der Waals surface area contributed by atoms with Crippen molar-refractivity contribution in [3.8, 4) is 0 Å². The standard InChI is InChI=1S/C23H35NO4.C22H33NO4/c1-3-5-6-15-23(28,4-2)16-17-24-20(13-14-21(24)25)12-9-18-7-10-19(11-8-18)22(26)27;1-3-4-5-14-22(2,27)15-16-23-19(12-13-20(23)24)11-8-17-6-9-18(10-7-17)21(25)26/h7-8,10-11,20,28H,3-6,9,12-17H2,1-2H3,(H,26,27);6-7,9-10,19,27H,3-5,8,11-16H2,1-2H3,(H,25,26)/t20?,23-;19?,22-/m00/s1. The lowest BCUT2D eigenvalue weighted by atomic mass is 9.89. The maximum absolute atomic E-state index is 12.4. The Bertz CT molecular complexity index is 1490. The van der Waals surface area contributed by atoms with E-state index >= 15 is 0 Å². The summed E-state index contributed by atoms with van der Waals surface area (Å²) in [4.78, 5) is 50.4. The summed E-state index contributed by atoms with van der Waals surface area (Å²) in [6, 6.07) is 14.4. The molecule has 2 aliphatic heterocycles. The highest BCUT2D eigenvalue weighted by molar-refractivity contribution is 5.88. The molecule has 4 atom stereocenters. The van der Waals surface area contributed by atoms with Gasteiger partial charge in [-0.1, -0.05) is 83.6 Å². The maximum Gasteiger partial charge on any atom is 0.335 e. The summed E-state index contributed by atoms with van der Waals surface area (Å²) >= 11 is 0. The van der Waals surface area contributed by atoms with Gasteiger partial charge >= 0.3 is 11.9 Å². The zero-order chi connectivity index (χ0) is 40.4. The molecule has 2 saturated heterocycles. The summed E-state index contributed by atoms with van der Waals surface area (Å²) in [6.45, 7) is 9.45. The first-order chi connectivity index (χ1) is 26.2. The highest BCUT2D eigenvalue weighted by Crippen LogP contribution is 2.29. The minimum absolute atomic E-state index is 0.186. The highest BCUT2D eigenvalue weighted by atomic mass is 16.4. The van der Waals surface area contributed by atoms with Crippen LogP contribution in [0.15, 0.2) is 48.5 Å². The van der Waals surface area contributed by atoms with Crippen LogP contribution in [0.5, 0.6) is 0 Å². The van der Waals surface area contributed by atoms with Gasteiger partial charge in [0.15, 0.2) is 0 Å². The van der Waals surface area contributed by atoms with Crippen LogP contribution in [0.25, 0.3) is 0 Å². The minimum atomic E-state index is -0.917. The molecule has 2 heterocycles. The lowest BCUT2D eigenvalue weighted by Crippen LogP contribution is -2.39. The molecule has 2 fully saturated rings. The van der Waals surface area contributed by atoms with E-state index in [4.69, 9.17) is 10.2 Å². The van der Waals surface area contributed by atoms with Gasteiger partial charge in [-0.2, -0.15) is 0 Å². The van der Waals surface area contributed by atoms with E-state index in [0.29, 0.717) is 49.9 Å². The third-order valence-electron chi connectivity index (χ3n) is 11.8. The Morgan fingerprint density at radius 2 is 1.05 bits per heavy atom. The van der Waals surface area contributed by atoms with E-state index in [2.05, 4.69) is 13.8 Å². The number of carboxylic acids is 2. The predicted molar refractivity (Wildman–Crippen MR) is 216 cm³/mol. The highest BCUT2D eigenvalue weighted by Gasteiger charge is 2.34. The molecular weight excluding hydrogens is 697 g/mol. The lowest BCUT2D eigenvalue weighted by molar-refractivity contribution is -0.130. The van der Waals surface area contributed by atoms with Gasteiger partial charge in [-0.15, -0.1) is 0 Å². The van der Waals surface area contributed by atoms with Gasteiger partial charge < -0.3 is 30.2 Å². The number of benzene rings is 2. The molecule has 0 saturated carbocycles. The zero-order valence-electron chi connectivity index (χ0n) is 33.9. The SMILES string of the molecule is CCCCC[C@@](O)(CC)CCN1C(=O)CCC1CCc1ccc(C(=O)O)cc1.CCCCC[C@](C)(O)CCN1C(=O)CCC1CCc1ccc(C(=O)O)cc1. The molecule has 0 bridgehead atoms. The number of carbonyl (C=O) groups excluding carboxylic acids is 2. The number of aliphatic hydroxyl groups is 2. The van der Waals surface area contributed by atoms with Crippen molar-refractivity contribution in [1.29, 1.82) is 0 Å². The second-order valence-corrected chi connectivity index (χ2v) is 16.1. The fourth-order valence-corrected chi connectivity index (χ4v) is 7.85. The van der Waals surface area contributed by atoms with Gasteiger partial charge in [0.2, 0.25) is 11.8 Å². The van der Waals surface area contributed by atoms with E-state index in [9.17, 15) is 29.4 Å². The van der Waals surface area contributed by atoms with Crippen molar-refractivity contribution < 1.29 is 39.6 Å². The van der Waals surface area contributed by atoms with Crippen LogP contribution in [-0.4, -0.2) is 90.4 Å². The quantitative estimate of drug-likeness (QED) is 0.0822. The van der Waals surface area contributed by atoms with Gasteiger partial charge in [-0.05, 0) is 113 Å². The molecule has 0 aliphatic carbocycles. The second kappa shape index (κ2) is 22.7. The van der Waals surface area contributed by atoms with E-state index in [-0.39, 0.29) is 23.9 Å². The first-order valence-corrected chi connectivity index (χ1v) is 20.9. The van der Waals surface area contributed by atoms with Gasteiger partial charge in [0, 0.05) is 38.0 Å². The third kappa shape index (κ3) is 15.4. The fraction of sp³-hybridized carbons (Fsp3) is 0.644. The summed E-state index contributed by atoms with van der Waals surface area (Å²) in [5, 5.41) is 39.4. The lowest BCUT2D eigenvalue weighted by Gasteiger charge is -2.32. The number of hydrogen-bond acceptors (Lipinski definition) is 6. The number of aromatic carboxylic acids is 2. The molecule has 10 nitrogen and oxygen atoms in total. The third-order valence-corrected chi connectivity index (χ3v) is 11.8. The smallest absolute Gasteiger partial charge is 0.335 e. The van der Waals surface area contributed by atoms with Crippen molar-refractivity contribution in [2.45, 2.75) is 173 Å². The average molecular weight is 765 g/mol. The Balaban J connectivity index is 0.000000296. The number of likely N-dealkylation sites (tertiary alicyclic amines) is 2. The van der Waals surface area contributed by atoms with Gasteiger partial charge in [0.1, 0.15) is 0 Å². The molecule has 2 unspecified atom stereocenters. The van der Waals surface area contributed by atoms with E-state index in [1.165, 1.54) is 0 Å². The molecule has 2 aromatic carbocycles. The molecule has 10 heteroatoms. The summed E-state index contributed by atoms with van der Waals surface area (Å²) in [5.41, 5.74) is 1.38. The second-order valence-electron chi connectivity index (χ2n) is 16.1. The summed E-state index contributed by atoms with van der Waals surface area (Å²) < 4.78 is 0. The summed E-state index contributed by atoms with van der Waals surface area (Å²) in [6.07, 6.45) is 16.4. The zero-order valence-corrected chi connectivity index (χ0v) is 33.9. The Morgan fingerprint density at radius 1 is 0.636 bits per heavy atom. The van der Waals surface area contributed by atoms with Crippen molar-refractivity contribution in [3.63, 3.8) is 0 Å². The number of hydrogen-bond donors (Lipinski definition) is 4. The summed E-state index contributed by atoms with van der Waals surface area (Å²) in [5.74, 6) is -1.45. The van der Waals surface area contributed by atoms with E-state index in [1.807, 2.05) is 47.9 Å². The van der Waals surface area contributed by atoms with Crippen LogP contribution in [0.4, 0.5) is 0 Å². The van der Waals surface area contributed by atoms with E-state index in [0.717, 1.165) is 107 Å². The van der Waals surface area contributed by atoms with Crippen molar-refractivity contribution >= 4 is 23.8 Å². The van der Waals surface area contributed by atoms with E-state index < -0.39 is 23.1 Å². The van der Waals surface area contributed by atoms with Gasteiger partial charge in [-0.3, -0.25) is 9.59 Å². The molecule has 55 heavy (non-hydrogen) atoms. The normalized spacial score (nSPS) is 19.2. The molecule has 2 aromatic rings. The number of aryl methyl sites for hydroxylation is 2. The molecule has 2 aliphatic rings. The molecule has 4 rings (SSSR count). The predicted octanol–water partition coefficient (Wildman–Crippen LogP) is 8.45. The van der Waals surface area contributed by atoms with Crippen molar-refractivity contribution in [3.05, 3.63) is 70.8 Å². The number of nitrogens with zero attached hydrogens (tertiary/aromatic N) is 2. The van der Waals surface area contributed by atoms with Crippen molar-refractivity contribution in [2.24, 2.45) is 0 Å². The van der Waals surface area contributed by atoms with Gasteiger partial charge in [0.25, 0.3) is 0 Å². The van der Waals surface area contributed by atoms with Gasteiger partial charge in [-0.25, -0.2) is 9.59 Å². The van der Waals surface area contributed by atoms with Crippen LogP contribution in [-0.2, 0) is 22.4 Å². The molecule has 4 N–H and O–H groups in total. The first-order valence-electron chi connectivity index (χ1n) is 20.9. The monoisotopic (exact) mass is 764 g/mol. The maximum atomic E-state index is 12.4. The molecule has 2 amide bonds. The number of carbonyl (C=O) groups is 4. The molecule has 0 radical (unpaired) electrons. The van der Waals surface area contributed by atoms with E-state index in [1.54, 1.807) is 24.3 Å². The fourth-order valence-electron chi connectivity index (χ4n) is 7.85. The van der Waals surface area contributed by atoms with Crippen molar-refractivity contribution in [2.75, 3.05) is 13.1 Å². The Kier molecular flexibility index (Phi) is 18.8. The topological polar surface area (TPSA) is 156 Å². The van der Waals surface area contributed by atoms with Gasteiger partial charge in [0.05, 0.1) is 22.3 Å². The number of rotatable bonds is 23. The largest absolute Gasteiger partial charge is 0.478 e. The Morgan fingerprint density at radius 3 is 1.45 bits per heavy atom. The number of amides is 2. The molecule has 306 valence electrons. The Labute approximate surface area is 329 Å². The van der Waals surface area contributed by atoms with Crippen LogP contribution in [0, 0.1) is 0 Å². The minimum Gasteiger partial charge on any atom is -0.478 e.